The van der Waals surface area contributed by atoms with Crippen LogP contribution in [0.1, 0.15) is 5.56 Å². The number of hydrogen-bond acceptors (Lipinski definition) is 1. The molecule has 174 valence electrons. The Morgan fingerprint density at radius 1 is 0.500 bits per heavy atom. The smallest absolute Gasteiger partial charge is 0.460 e. The highest BCUT2D eigenvalue weighted by Crippen LogP contribution is 2.62. The van der Waals surface area contributed by atoms with E-state index in [9.17, 15) is 65.9 Å². The molecular formula is C14H7F15O. The lowest BCUT2D eigenvalue weighted by Crippen LogP contribution is -2.72. The van der Waals surface area contributed by atoms with Gasteiger partial charge in [-0.05, 0) is 17.7 Å². The summed E-state index contributed by atoms with van der Waals surface area (Å²) < 4.78 is 195. The second-order valence-corrected chi connectivity index (χ2v) is 5.92. The number of phenolic OH excluding ortho intramolecular Hbond substituents is 1. The van der Waals surface area contributed by atoms with Crippen LogP contribution in [0.4, 0.5) is 65.9 Å². The maximum Gasteiger partial charge on any atom is 0.460 e. The summed E-state index contributed by atoms with van der Waals surface area (Å²) in [4.78, 5) is 0. The van der Waals surface area contributed by atoms with Crippen molar-refractivity contribution in [3.8, 4) is 5.75 Å². The van der Waals surface area contributed by atoms with Gasteiger partial charge in [-0.3, -0.25) is 0 Å². The molecule has 0 aliphatic rings. The second-order valence-electron chi connectivity index (χ2n) is 5.92. The van der Waals surface area contributed by atoms with Crippen LogP contribution in [-0.4, -0.2) is 46.8 Å². The van der Waals surface area contributed by atoms with Crippen molar-refractivity contribution in [2.75, 3.05) is 0 Å². The third-order valence-electron chi connectivity index (χ3n) is 3.76. The quantitative estimate of drug-likeness (QED) is 0.458. The van der Waals surface area contributed by atoms with Crippen LogP contribution in [-0.2, 0) is 6.42 Å². The molecular weight excluding hydrogens is 469 g/mol. The zero-order chi connectivity index (χ0) is 24.2. The minimum atomic E-state index is -8.29. The molecule has 30 heavy (non-hydrogen) atoms. The van der Waals surface area contributed by atoms with Gasteiger partial charge >= 0.3 is 41.7 Å². The molecule has 0 radical (unpaired) electrons. The first-order valence-electron chi connectivity index (χ1n) is 7.09. The molecule has 0 heterocycles. The number of alkyl halides is 15. The standard InChI is InChI=1S/C14H7F15O/c15-8(16,5-6-1-3-7(30)4-2-6)9(17,18)10(19,20)11(21,22)12(23,24)13(25,26)14(27,28)29/h1-4,30H,5H2. The van der Waals surface area contributed by atoms with Crippen molar-refractivity contribution in [2.24, 2.45) is 0 Å². The van der Waals surface area contributed by atoms with Crippen LogP contribution in [0.25, 0.3) is 0 Å². The fourth-order valence-electron chi connectivity index (χ4n) is 1.98. The summed E-state index contributed by atoms with van der Waals surface area (Å²) in [6.45, 7) is 0. The van der Waals surface area contributed by atoms with Crippen LogP contribution in [0.15, 0.2) is 24.3 Å². The molecule has 0 bridgehead atoms. The molecule has 0 amide bonds. The van der Waals surface area contributed by atoms with Gasteiger partial charge in [0.1, 0.15) is 5.75 Å². The Labute approximate surface area is 156 Å². The van der Waals surface area contributed by atoms with Crippen LogP contribution < -0.4 is 0 Å². The Kier molecular flexibility index (Phi) is 6.07. The molecule has 0 saturated heterocycles. The average Bonchev–Trinajstić information content (AvgIpc) is 2.54. The number of hydrogen-bond donors (Lipinski definition) is 1. The number of benzene rings is 1. The first-order valence-corrected chi connectivity index (χ1v) is 7.09. The first kappa shape index (κ1) is 26.0. The van der Waals surface area contributed by atoms with Crippen LogP contribution in [0.3, 0.4) is 0 Å². The molecule has 1 aromatic carbocycles. The molecule has 0 fully saturated rings. The molecule has 0 unspecified atom stereocenters. The van der Waals surface area contributed by atoms with Crippen molar-refractivity contribution >= 4 is 0 Å². The summed E-state index contributed by atoms with van der Waals surface area (Å²) in [5.41, 5.74) is -1.04. The highest BCUT2D eigenvalue weighted by molar-refractivity contribution is 5.27. The molecule has 0 spiro atoms. The lowest BCUT2D eigenvalue weighted by atomic mass is 9.89. The Hall–Kier alpha value is -2.03. The summed E-state index contributed by atoms with van der Waals surface area (Å²) in [5, 5.41) is 8.88. The average molecular weight is 476 g/mol. The largest absolute Gasteiger partial charge is 0.508 e. The number of halogens is 15. The normalized spacial score (nSPS) is 15.4. The fourth-order valence-corrected chi connectivity index (χ4v) is 1.98. The zero-order valence-corrected chi connectivity index (χ0v) is 13.6. The highest BCUT2D eigenvalue weighted by atomic mass is 19.4. The van der Waals surface area contributed by atoms with Crippen LogP contribution in [0.2, 0.25) is 0 Å². The summed E-state index contributed by atoms with van der Waals surface area (Å²) >= 11 is 0. The zero-order valence-electron chi connectivity index (χ0n) is 13.6. The highest BCUT2D eigenvalue weighted by Gasteiger charge is 2.93. The van der Waals surface area contributed by atoms with E-state index < -0.39 is 59.4 Å². The number of phenols is 1. The van der Waals surface area contributed by atoms with Crippen LogP contribution >= 0.6 is 0 Å². The van der Waals surface area contributed by atoms with Gasteiger partial charge in [-0.15, -0.1) is 0 Å². The van der Waals surface area contributed by atoms with Crippen molar-refractivity contribution in [1.29, 1.82) is 0 Å². The summed E-state index contributed by atoms with van der Waals surface area (Å²) in [5.74, 6) is -47.2. The molecule has 0 atom stereocenters. The van der Waals surface area contributed by atoms with E-state index in [1.54, 1.807) is 0 Å². The molecule has 1 N–H and O–H groups in total. The van der Waals surface area contributed by atoms with E-state index >= 15 is 0 Å². The lowest BCUT2D eigenvalue weighted by molar-refractivity contribution is -0.452. The van der Waals surface area contributed by atoms with Crippen molar-refractivity contribution < 1.29 is 71.0 Å². The molecule has 0 saturated carbocycles. The Morgan fingerprint density at radius 3 is 1.20 bits per heavy atom. The van der Waals surface area contributed by atoms with Gasteiger partial charge in [0.05, 0.1) is 0 Å². The van der Waals surface area contributed by atoms with Gasteiger partial charge in [0.2, 0.25) is 0 Å². The molecule has 0 aliphatic heterocycles. The molecule has 1 aromatic rings. The van der Waals surface area contributed by atoms with E-state index in [1.165, 1.54) is 0 Å². The van der Waals surface area contributed by atoms with Gasteiger partial charge in [-0.25, -0.2) is 0 Å². The van der Waals surface area contributed by atoms with Gasteiger partial charge in [-0.2, -0.15) is 65.9 Å². The van der Waals surface area contributed by atoms with Crippen molar-refractivity contribution in [1.82, 2.24) is 0 Å². The lowest BCUT2D eigenvalue weighted by Gasteiger charge is -2.41. The van der Waals surface area contributed by atoms with E-state index in [-0.39, 0.29) is 0 Å². The Balaban J connectivity index is 3.48. The van der Waals surface area contributed by atoms with Gasteiger partial charge in [-0.1, -0.05) is 12.1 Å². The van der Waals surface area contributed by atoms with Crippen LogP contribution in [0.5, 0.6) is 5.75 Å². The van der Waals surface area contributed by atoms with Crippen LogP contribution in [0, 0.1) is 0 Å². The molecule has 0 aromatic heterocycles. The van der Waals surface area contributed by atoms with E-state index in [0.29, 0.717) is 24.3 Å². The summed E-state index contributed by atoms with van der Waals surface area (Å²) in [7, 11) is 0. The van der Waals surface area contributed by atoms with Gasteiger partial charge in [0.15, 0.2) is 0 Å². The topological polar surface area (TPSA) is 20.2 Å². The van der Waals surface area contributed by atoms with E-state index in [4.69, 9.17) is 5.11 Å². The summed E-state index contributed by atoms with van der Waals surface area (Å²) in [6.07, 6.45) is -10.2. The number of aromatic hydroxyl groups is 1. The van der Waals surface area contributed by atoms with Gasteiger partial charge in [0.25, 0.3) is 0 Å². The molecule has 16 heteroatoms. The van der Waals surface area contributed by atoms with E-state index in [0.717, 1.165) is 0 Å². The van der Waals surface area contributed by atoms with Gasteiger partial charge < -0.3 is 5.11 Å². The third kappa shape index (κ3) is 3.61. The van der Waals surface area contributed by atoms with Crippen molar-refractivity contribution in [2.45, 2.75) is 48.1 Å². The SMILES string of the molecule is Oc1ccc(CC(F)(F)C(F)(F)C(F)(F)C(F)(F)C(F)(F)C(F)(F)C(F)(F)F)cc1. The minimum Gasteiger partial charge on any atom is -0.508 e. The predicted octanol–water partition coefficient (Wildman–Crippen LogP) is 6.31. The second kappa shape index (κ2) is 7.00. The Bertz CT molecular complexity index is 748. The number of rotatable bonds is 7. The maximum absolute atomic E-state index is 13.7. The van der Waals surface area contributed by atoms with Crippen molar-refractivity contribution in [3.63, 3.8) is 0 Å². The monoisotopic (exact) mass is 476 g/mol. The van der Waals surface area contributed by atoms with E-state index in [2.05, 4.69) is 0 Å². The minimum absolute atomic E-state index is 0.405. The fraction of sp³-hybridized carbons (Fsp3) is 0.571. The van der Waals surface area contributed by atoms with Gasteiger partial charge in [0, 0.05) is 6.42 Å². The van der Waals surface area contributed by atoms with Crippen molar-refractivity contribution in [3.05, 3.63) is 29.8 Å². The molecule has 1 rings (SSSR count). The first-order chi connectivity index (χ1) is 13.0. The predicted molar refractivity (Wildman–Crippen MR) is 67.5 cm³/mol. The Morgan fingerprint density at radius 2 is 0.833 bits per heavy atom. The molecule has 1 nitrogen and oxygen atoms in total. The third-order valence-corrected chi connectivity index (χ3v) is 3.76. The maximum atomic E-state index is 13.7. The molecule has 0 aliphatic carbocycles. The van der Waals surface area contributed by atoms with E-state index in [1.807, 2.05) is 0 Å². The summed E-state index contributed by atoms with van der Waals surface area (Å²) in [6, 6.07) is 1.91.